The average molecular weight is 680 g/mol. The molecule has 0 aliphatic carbocycles. The second-order valence-corrected chi connectivity index (χ2v) is 9.97. The zero-order valence-electron chi connectivity index (χ0n) is 23.1. The monoisotopic (exact) mass is 679 g/mol. The maximum atomic E-state index is 12.8. The van der Waals surface area contributed by atoms with Gasteiger partial charge in [-0.15, -0.1) is 0 Å². The van der Waals surface area contributed by atoms with Crippen LogP contribution in [0.2, 0.25) is 0 Å². The van der Waals surface area contributed by atoms with Crippen LogP contribution in [0.4, 0.5) is 5.69 Å². The van der Waals surface area contributed by atoms with Gasteiger partial charge in [0.1, 0.15) is 6.61 Å². The summed E-state index contributed by atoms with van der Waals surface area (Å²) in [5.41, 5.74) is 5.27. The molecule has 216 valence electrons. The fraction of sp³-hybridized carbons (Fsp3) is 0.156. The largest absolute Gasteiger partial charge is 0.493 e. The molecule has 0 heterocycles. The van der Waals surface area contributed by atoms with E-state index in [9.17, 15) is 9.59 Å². The number of hydrazone groups is 1. The van der Waals surface area contributed by atoms with Gasteiger partial charge in [-0.25, -0.2) is 5.43 Å². The van der Waals surface area contributed by atoms with Crippen molar-refractivity contribution in [3.05, 3.63) is 111 Å². The molecule has 4 aromatic carbocycles. The number of hydrogen-bond acceptors (Lipinski definition) is 7. The molecule has 0 atom stereocenters. The molecule has 0 saturated heterocycles. The molecule has 0 fully saturated rings. The Bertz CT molecular complexity index is 1530. The van der Waals surface area contributed by atoms with Gasteiger partial charge in [0.05, 0.1) is 23.5 Å². The summed E-state index contributed by atoms with van der Waals surface area (Å²) in [5, 5.41) is 6.89. The number of benzene rings is 4. The first-order chi connectivity index (χ1) is 20.5. The standard InChI is InChI=1S/C32H30IN3O6/c1-3-40-29-17-23(16-26(33)31(29)42-21-30(37)35-25-12-8-5-9-13-25)19-34-36-32(38)24-14-15-27(28(18-24)39-2)41-20-22-10-6-4-7-11-22/h4-19H,3,20-21H2,1-2H3,(H,35,37)(H,36,38)/b34-19+. The van der Waals surface area contributed by atoms with Crippen molar-refractivity contribution < 1.29 is 28.5 Å². The summed E-state index contributed by atoms with van der Waals surface area (Å²) < 4.78 is 23.6. The van der Waals surface area contributed by atoms with E-state index in [2.05, 4.69) is 38.4 Å². The van der Waals surface area contributed by atoms with Gasteiger partial charge >= 0.3 is 0 Å². The molecular weight excluding hydrogens is 649 g/mol. The summed E-state index contributed by atoms with van der Waals surface area (Å²) in [7, 11) is 1.52. The highest BCUT2D eigenvalue weighted by atomic mass is 127. The summed E-state index contributed by atoms with van der Waals surface area (Å²) in [5.74, 6) is 1.17. The van der Waals surface area contributed by atoms with Gasteiger partial charge in [0.2, 0.25) is 0 Å². The van der Waals surface area contributed by atoms with Crippen LogP contribution in [0.15, 0.2) is 96.1 Å². The second kappa shape index (κ2) is 15.4. The van der Waals surface area contributed by atoms with E-state index in [0.29, 0.717) is 53.0 Å². The van der Waals surface area contributed by atoms with Crippen LogP contribution in [0.1, 0.15) is 28.4 Å². The van der Waals surface area contributed by atoms with Crippen molar-refractivity contribution in [1.82, 2.24) is 5.43 Å². The number of nitrogens with one attached hydrogen (secondary N) is 2. The molecule has 4 aromatic rings. The molecule has 0 radical (unpaired) electrons. The second-order valence-electron chi connectivity index (χ2n) is 8.80. The number of amides is 2. The normalized spacial score (nSPS) is 10.6. The third-order valence-electron chi connectivity index (χ3n) is 5.78. The van der Waals surface area contributed by atoms with Crippen molar-refractivity contribution >= 4 is 46.3 Å². The minimum absolute atomic E-state index is 0.186. The molecule has 0 bridgehead atoms. The smallest absolute Gasteiger partial charge is 0.271 e. The lowest BCUT2D eigenvalue weighted by Crippen LogP contribution is -2.20. The first-order valence-corrected chi connectivity index (χ1v) is 14.2. The summed E-state index contributed by atoms with van der Waals surface area (Å²) >= 11 is 2.11. The van der Waals surface area contributed by atoms with E-state index in [-0.39, 0.29) is 12.5 Å². The third-order valence-corrected chi connectivity index (χ3v) is 6.58. The molecule has 0 aliphatic heterocycles. The van der Waals surface area contributed by atoms with Crippen molar-refractivity contribution in [2.45, 2.75) is 13.5 Å². The van der Waals surface area contributed by atoms with Gasteiger partial charge in [-0.05, 0) is 83.1 Å². The quantitative estimate of drug-likeness (QED) is 0.101. The first-order valence-electron chi connectivity index (χ1n) is 13.1. The van der Waals surface area contributed by atoms with E-state index in [4.69, 9.17) is 18.9 Å². The minimum Gasteiger partial charge on any atom is -0.493 e. The van der Waals surface area contributed by atoms with E-state index in [1.54, 1.807) is 36.4 Å². The Labute approximate surface area is 258 Å². The predicted octanol–water partition coefficient (Wildman–Crippen LogP) is 6.06. The number of methoxy groups -OCH3 is 1. The van der Waals surface area contributed by atoms with E-state index >= 15 is 0 Å². The highest BCUT2D eigenvalue weighted by Gasteiger charge is 2.15. The van der Waals surface area contributed by atoms with Gasteiger partial charge in [-0.1, -0.05) is 48.5 Å². The van der Waals surface area contributed by atoms with Crippen LogP contribution in [0, 0.1) is 3.57 Å². The van der Waals surface area contributed by atoms with Crippen LogP contribution in [0.3, 0.4) is 0 Å². The lowest BCUT2D eigenvalue weighted by atomic mass is 10.2. The lowest BCUT2D eigenvalue weighted by molar-refractivity contribution is -0.118. The van der Waals surface area contributed by atoms with Crippen LogP contribution >= 0.6 is 22.6 Å². The lowest BCUT2D eigenvalue weighted by Gasteiger charge is -2.14. The predicted molar refractivity (Wildman–Crippen MR) is 170 cm³/mol. The number of halogens is 1. The van der Waals surface area contributed by atoms with Gasteiger partial charge in [-0.3, -0.25) is 9.59 Å². The molecule has 0 saturated carbocycles. The fourth-order valence-electron chi connectivity index (χ4n) is 3.82. The molecule has 0 aromatic heterocycles. The zero-order valence-corrected chi connectivity index (χ0v) is 25.3. The van der Waals surface area contributed by atoms with Gasteiger partial charge in [-0.2, -0.15) is 5.10 Å². The van der Waals surface area contributed by atoms with E-state index < -0.39 is 5.91 Å². The maximum absolute atomic E-state index is 12.8. The number of nitrogens with zero attached hydrogens (tertiary/aromatic N) is 1. The number of para-hydroxylation sites is 1. The van der Waals surface area contributed by atoms with Crippen molar-refractivity contribution in [2.75, 3.05) is 25.6 Å². The minimum atomic E-state index is -0.414. The summed E-state index contributed by atoms with van der Waals surface area (Å²) in [6, 6.07) is 27.4. The number of carbonyl (C=O) groups excluding carboxylic acids is 2. The molecule has 0 aliphatic rings. The van der Waals surface area contributed by atoms with Gasteiger partial charge in [0.15, 0.2) is 29.6 Å². The van der Waals surface area contributed by atoms with Crippen LogP contribution < -0.4 is 29.7 Å². The molecule has 10 heteroatoms. The average Bonchev–Trinajstić information content (AvgIpc) is 3.00. The van der Waals surface area contributed by atoms with Crippen molar-refractivity contribution in [3.63, 3.8) is 0 Å². The van der Waals surface area contributed by atoms with Gasteiger partial charge < -0.3 is 24.3 Å². The Morgan fingerprint density at radius 3 is 2.31 bits per heavy atom. The van der Waals surface area contributed by atoms with Crippen LogP contribution in [0.5, 0.6) is 23.0 Å². The molecule has 4 rings (SSSR count). The van der Waals surface area contributed by atoms with Crippen LogP contribution in [0.25, 0.3) is 0 Å². The molecule has 9 nitrogen and oxygen atoms in total. The van der Waals surface area contributed by atoms with E-state index in [1.807, 2.05) is 61.5 Å². The Hall–Kier alpha value is -4.58. The third kappa shape index (κ3) is 8.71. The molecule has 2 N–H and O–H groups in total. The van der Waals surface area contributed by atoms with Crippen LogP contribution in [-0.2, 0) is 11.4 Å². The molecule has 42 heavy (non-hydrogen) atoms. The molecular formula is C32H30IN3O6. The molecule has 0 spiro atoms. The number of ether oxygens (including phenoxy) is 4. The number of rotatable bonds is 13. The topological polar surface area (TPSA) is 107 Å². The van der Waals surface area contributed by atoms with Crippen molar-refractivity contribution in [2.24, 2.45) is 5.10 Å². The Morgan fingerprint density at radius 1 is 0.857 bits per heavy atom. The van der Waals surface area contributed by atoms with Gasteiger partial charge in [0.25, 0.3) is 11.8 Å². The van der Waals surface area contributed by atoms with E-state index in [1.165, 1.54) is 13.3 Å². The van der Waals surface area contributed by atoms with Crippen molar-refractivity contribution in [1.29, 1.82) is 0 Å². The zero-order chi connectivity index (χ0) is 29.7. The van der Waals surface area contributed by atoms with Crippen LogP contribution in [-0.4, -0.2) is 38.4 Å². The Kier molecular flexibility index (Phi) is 11.2. The Balaban J connectivity index is 1.37. The fourth-order valence-corrected chi connectivity index (χ4v) is 4.60. The highest BCUT2D eigenvalue weighted by molar-refractivity contribution is 14.1. The Morgan fingerprint density at radius 2 is 1.60 bits per heavy atom. The molecule has 0 unspecified atom stereocenters. The summed E-state index contributed by atoms with van der Waals surface area (Å²) in [4.78, 5) is 25.1. The first kappa shape index (κ1) is 30.4. The summed E-state index contributed by atoms with van der Waals surface area (Å²) in [6.45, 7) is 2.44. The summed E-state index contributed by atoms with van der Waals surface area (Å²) in [6.07, 6.45) is 1.50. The number of carbonyl (C=O) groups is 2. The highest BCUT2D eigenvalue weighted by Crippen LogP contribution is 2.34. The number of hydrogen-bond donors (Lipinski definition) is 2. The van der Waals surface area contributed by atoms with Gasteiger partial charge in [0, 0.05) is 11.3 Å². The number of anilines is 1. The van der Waals surface area contributed by atoms with Crippen molar-refractivity contribution in [3.8, 4) is 23.0 Å². The maximum Gasteiger partial charge on any atom is 0.271 e. The van der Waals surface area contributed by atoms with E-state index in [0.717, 1.165) is 9.13 Å². The SMILES string of the molecule is CCOc1cc(/C=N/NC(=O)c2ccc(OCc3ccccc3)c(OC)c2)cc(I)c1OCC(=O)Nc1ccccc1. The molecule has 2 amide bonds.